The Kier molecular flexibility index (Phi) is 3.47. The van der Waals surface area contributed by atoms with E-state index in [1.807, 2.05) is 0 Å². The zero-order chi connectivity index (χ0) is 14.9. The number of carbonyl (C=O) groups is 1. The predicted octanol–water partition coefficient (Wildman–Crippen LogP) is 1.70. The van der Waals surface area contributed by atoms with Gasteiger partial charge < -0.3 is 4.74 Å². The van der Waals surface area contributed by atoms with Crippen molar-refractivity contribution in [2.24, 2.45) is 0 Å². The minimum atomic E-state index is -0.513. The maximum Gasteiger partial charge on any atom is 0.271 e. The highest BCUT2D eigenvalue weighted by Crippen LogP contribution is 2.28. The lowest BCUT2D eigenvalue weighted by Gasteiger charge is -2.09. The van der Waals surface area contributed by atoms with Gasteiger partial charge in [-0.3, -0.25) is 14.9 Å². The lowest BCUT2D eigenvalue weighted by molar-refractivity contribution is -0.384. The molecule has 1 heterocycles. The fraction of sp³-hybridized carbons (Fsp3) is 0.250. The van der Waals surface area contributed by atoms with Crippen molar-refractivity contribution >= 4 is 11.5 Å². The molecule has 0 amide bonds. The molecule has 0 fully saturated rings. The van der Waals surface area contributed by atoms with Crippen molar-refractivity contribution in [3.8, 4) is 11.4 Å². The van der Waals surface area contributed by atoms with Gasteiger partial charge in [0.1, 0.15) is 11.4 Å². The van der Waals surface area contributed by atoms with Crippen LogP contribution >= 0.6 is 0 Å². The number of methoxy groups -OCH3 is 1. The van der Waals surface area contributed by atoms with E-state index in [1.165, 1.54) is 36.9 Å². The first-order chi connectivity index (χ1) is 9.45. The summed E-state index contributed by atoms with van der Waals surface area (Å²) in [6.07, 6.45) is 0. The van der Waals surface area contributed by atoms with Crippen molar-refractivity contribution < 1.29 is 14.5 Å². The van der Waals surface area contributed by atoms with Gasteiger partial charge in [0.05, 0.1) is 17.7 Å². The Balaban J connectivity index is 2.64. The standard InChI is InChI=1S/C12H12N4O4/c1-7-12(8(2)17)13-14-15(7)10-6-9(16(18)19)4-5-11(10)20-3/h4-6H,1-3H3. The van der Waals surface area contributed by atoms with Gasteiger partial charge in [-0.15, -0.1) is 5.10 Å². The van der Waals surface area contributed by atoms with Crippen LogP contribution in [0, 0.1) is 17.0 Å². The molecule has 1 aromatic carbocycles. The number of nitro benzene ring substituents is 1. The second-order valence-electron chi connectivity index (χ2n) is 4.10. The molecule has 0 saturated heterocycles. The minimum absolute atomic E-state index is 0.0972. The molecule has 0 bridgehead atoms. The van der Waals surface area contributed by atoms with Crippen LogP contribution in [0.25, 0.3) is 5.69 Å². The molecule has 0 N–H and O–H groups in total. The number of hydrogen-bond acceptors (Lipinski definition) is 6. The number of hydrogen-bond donors (Lipinski definition) is 0. The molecule has 20 heavy (non-hydrogen) atoms. The van der Waals surface area contributed by atoms with Crippen LogP contribution in [0.1, 0.15) is 23.1 Å². The zero-order valence-corrected chi connectivity index (χ0v) is 11.2. The van der Waals surface area contributed by atoms with Gasteiger partial charge in [0.2, 0.25) is 0 Å². The van der Waals surface area contributed by atoms with E-state index < -0.39 is 4.92 Å². The molecule has 0 atom stereocenters. The number of nitrogens with zero attached hydrogens (tertiary/aromatic N) is 4. The third-order valence-corrected chi connectivity index (χ3v) is 2.83. The molecule has 0 saturated carbocycles. The van der Waals surface area contributed by atoms with Crippen LogP contribution in [0.2, 0.25) is 0 Å². The van der Waals surface area contributed by atoms with E-state index in [2.05, 4.69) is 10.3 Å². The molecule has 0 spiro atoms. The van der Waals surface area contributed by atoms with Crippen molar-refractivity contribution in [2.45, 2.75) is 13.8 Å². The number of ether oxygens (including phenoxy) is 1. The van der Waals surface area contributed by atoms with E-state index in [4.69, 9.17) is 4.74 Å². The van der Waals surface area contributed by atoms with Gasteiger partial charge in [0.25, 0.3) is 5.69 Å². The van der Waals surface area contributed by atoms with Gasteiger partial charge in [0.15, 0.2) is 11.5 Å². The Hall–Kier alpha value is -2.77. The van der Waals surface area contributed by atoms with E-state index in [9.17, 15) is 14.9 Å². The SMILES string of the molecule is COc1ccc([N+](=O)[O-])cc1-n1nnc(C(C)=O)c1C. The molecule has 0 unspecified atom stereocenters. The number of aromatic nitrogens is 3. The van der Waals surface area contributed by atoms with Crippen LogP contribution in [0.5, 0.6) is 5.75 Å². The van der Waals surface area contributed by atoms with Crippen molar-refractivity contribution in [1.29, 1.82) is 0 Å². The summed E-state index contributed by atoms with van der Waals surface area (Å²) >= 11 is 0. The smallest absolute Gasteiger partial charge is 0.271 e. The Labute approximate surface area is 114 Å². The van der Waals surface area contributed by atoms with Gasteiger partial charge >= 0.3 is 0 Å². The van der Waals surface area contributed by atoms with E-state index in [0.29, 0.717) is 17.1 Å². The Bertz CT molecular complexity index is 693. The molecule has 104 valence electrons. The van der Waals surface area contributed by atoms with Crippen molar-refractivity contribution in [3.05, 3.63) is 39.7 Å². The fourth-order valence-corrected chi connectivity index (χ4v) is 1.84. The molecule has 8 heteroatoms. The minimum Gasteiger partial charge on any atom is -0.494 e. The van der Waals surface area contributed by atoms with Crippen molar-refractivity contribution in [1.82, 2.24) is 15.0 Å². The summed E-state index contributed by atoms with van der Waals surface area (Å²) in [5.41, 5.74) is 0.981. The molecule has 0 radical (unpaired) electrons. The van der Waals surface area contributed by atoms with Gasteiger partial charge in [-0.05, 0) is 13.0 Å². The topological polar surface area (TPSA) is 100 Å². The van der Waals surface area contributed by atoms with Gasteiger partial charge in [-0.25, -0.2) is 4.68 Å². The number of non-ortho nitro benzene ring substituents is 1. The molecule has 0 aliphatic carbocycles. The quantitative estimate of drug-likeness (QED) is 0.478. The van der Waals surface area contributed by atoms with Gasteiger partial charge in [-0.2, -0.15) is 0 Å². The second-order valence-corrected chi connectivity index (χ2v) is 4.10. The molecule has 0 aliphatic heterocycles. The maximum absolute atomic E-state index is 11.4. The summed E-state index contributed by atoms with van der Waals surface area (Å²) in [7, 11) is 1.45. The molecule has 2 rings (SSSR count). The highest BCUT2D eigenvalue weighted by molar-refractivity contribution is 5.93. The molecule has 8 nitrogen and oxygen atoms in total. The number of Topliss-reactive ketones (excluding diaryl/α,β-unsaturated/α-hetero) is 1. The third kappa shape index (κ3) is 2.22. The van der Waals surface area contributed by atoms with E-state index in [0.717, 1.165) is 0 Å². The van der Waals surface area contributed by atoms with Crippen LogP contribution in [-0.2, 0) is 0 Å². The summed E-state index contributed by atoms with van der Waals surface area (Å²) in [6, 6.07) is 4.13. The lowest BCUT2D eigenvalue weighted by atomic mass is 10.2. The monoisotopic (exact) mass is 276 g/mol. The summed E-state index contributed by atoms with van der Waals surface area (Å²) < 4.78 is 6.51. The number of nitro groups is 1. The van der Waals surface area contributed by atoms with Crippen LogP contribution in [-0.4, -0.2) is 32.8 Å². The predicted molar refractivity (Wildman–Crippen MR) is 69.3 cm³/mol. The van der Waals surface area contributed by atoms with E-state index >= 15 is 0 Å². The highest BCUT2D eigenvalue weighted by Gasteiger charge is 2.19. The maximum atomic E-state index is 11.4. The molecule has 2 aromatic rings. The average molecular weight is 276 g/mol. The summed E-state index contributed by atoms with van der Waals surface area (Å²) in [5.74, 6) is 0.178. The van der Waals surface area contributed by atoms with Crippen molar-refractivity contribution in [3.63, 3.8) is 0 Å². The average Bonchev–Trinajstić information content (AvgIpc) is 2.79. The second kappa shape index (κ2) is 5.08. The molecule has 1 aromatic heterocycles. The first-order valence-electron chi connectivity index (χ1n) is 5.71. The Morgan fingerprint density at radius 1 is 1.45 bits per heavy atom. The first-order valence-corrected chi connectivity index (χ1v) is 5.71. The largest absolute Gasteiger partial charge is 0.494 e. The number of benzene rings is 1. The van der Waals surface area contributed by atoms with Gasteiger partial charge in [0, 0.05) is 19.1 Å². The van der Waals surface area contributed by atoms with E-state index in [-0.39, 0.29) is 17.2 Å². The van der Waals surface area contributed by atoms with Gasteiger partial charge in [-0.1, -0.05) is 5.21 Å². The number of ketones is 1. The number of carbonyl (C=O) groups excluding carboxylic acids is 1. The first kappa shape index (κ1) is 13.7. The van der Waals surface area contributed by atoms with Crippen LogP contribution in [0.3, 0.4) is 0 Å². The lowest BCUT2D eigenvalue weighted by Crippen LogP contribution is -2.04. The normalized spacial score (nSPS) is 10.3. The highest BCUT2D eigenvalue weighted by atomic mass is 16.6. The fourth-order valence-electron chi connectivity index (χ4n) is 1.84. The number of rotatable bonds is 4. The van der Waals surface area contributed by atoms with Crippen LogP contribution in [0.4, 0.5) is 5.69 Å². The van der Waals surface area contributed by atoms with Crippen LogP contribution < -0.4 is 4.74 Å². The van der Waals surface area contributed by atoms with Crippen molar-refractivity contribution in [2.75, 3.05) is 7.11 Å². The summed E-state index contributed by atoms with van der Waals surface area (Å²) in [5, 5.41) is 18.5. The van der Waals surface area contributed by atoms with Crippen LogP contribution in [0.15, 0.2) is 18.2 Å². The third-order valence-electron chi connectivity index (χ3n) is 2.83. The zero-order valence-electron chi connectivity index (χ0n) is 11.2. The molecular formula is C12H12N4O4. The van der Waals surface area contributed by atoms with E-state index in [1.54, 1.807) is 6.92 Å². The molecular weight excluding hydrogens is 264 g/mol. The molecule has 0 aliphatic rings. The Morgan fingerprint density at radius 2 is 2.15 bits per heavy atom. The Morgan fingerprint density at radius 3 is 2.65 bits per heavy atom. The summed E-state index contributed by atoms with van der Waals surface area (Å²) in [4.78, 5) is 21.7. The summed E-state index contributed by atoms with van der Waals surface area (Å²) in [6.45, 7) is 3.04.